The van der Waals surface area contributed by atoms with Crippen LogP contribution in [0, 0.1) is 12.8 Å². The van der Waals surface area contributed by atoms with E-state index in [1.54, 1.807) is 36.4 Å². The predicted molar refractivity (Wildman–Crippen MR) is 110 cm³/mol. The van der Waals surface area contributed by atoms with E-state index in [4.69, 9.17) is 12.2 Å². The van der Waals surface area contributed by atoms with Crippen LogP contribution in [0.1, 0.15) is 39.1 Å². The van der Waals surface area contributed by atoms with Gasteiger partial charge in [-0.05, 0) is 67.9 Å². The summed E-state index contributed by atoms with van der Waals surface area (Å²) < 4.78 is 0. The highest BCUT2D eigenvalue weighted by Gasteiger charge is 2.30. The Hall–Kier alpha value is -3.26. The molecule has 1 fully saturated rings. The first-order chi connectivity index (χ1) is 13.4. The number of carbonyl (C=O) groups is 3. The Morgan fingerprint density at radius 1 is 0.929 bits per heavy atom. The first-order valence-corrected chi connectivity index (χ1v) is 9.23. The molecule has 0 aromatic heterocycles. The van der Waals surface area contributed by atoms with Gasteiger partial charge in [0.1, 0.15) is 0 Å². The number of hydrogen-bond acceptors (Lipinski definition) is 4. The number of anilines is 1. The van der Waals surface area contributed by atoms with Crippen molar-refractivity contribution in [3.8, 4) is 0 Å². The van der Waals surface area contributed by atoms with Gasteiger partial charge in [0, 0.05) is 22.7 Å². The molecule has 144 valence electrons. The van der Waals surface area contributed by atoms with Gasteiger partial charge in [-0.2, -0.15) is 0 Å². The van der Waals surface area contributed by atoms with Crippen molar-refractivity contribution >= 4 is 40.7 Å². The molecule has 8 heteroatoms. The third kappa shape index (κ3) is 5.14. The number of nitrogens with one attached hydrogen (secondary N) is 4. The third-order valence-electron chi connectivity index (χ3n) is 4.27. The summed E-state index contributed by atoms with van der Waals surface area (Å²) >= 11 is 4.97. The number of benzene rings is 2. The standard InChI is InChI=1S/C20H20N4O3S/c1-12-4-2-3-5-16(12)19(27)21-15-10-8-14(9-11-15)18(26)23-24-20(28)22-17(25)13-6-7-13/h2-5,8-11,13H,6-7H2,1H3,(H,21,27)(H,23,26)(H2,22,24,25,28). The highest BCUT2D eigenvalue weighted by Crippen LogP contribution is 2.28. The molecule has 0 spiro atoms. The summed E-state index contributed by atoms with van der Waals surface area (Å²) in [5.74, 6) is -0.744. The average molecular weight is 396 g/mol. The molecule has 1 saturated carbocycles. The van der Waals surface area contributed by atoms with Gasteiger partial charge < -0.3 is 10.6 Å². The number of aryl methyl sites for hydroxylation is 1. The minimum atomic E-state index is -0.417. The van der Waals surface area contributed by atoms with E-state index in [1.165, 1.54) is 0 Å². The quantitative estimate of drug-likeness (QED) is 0.469. The molecule has 2 aromatic rings. The van der Waals surface area contributed by atoms with Gasteiger partial charge >= 0.3 is 0 Å². The van der Waals surface area contributed by atoms with Crippen LogP contribution in [0.3, 0.4) is 0 Å². The second kappa shape index (κ2) is 8.62. The van der Waals surface area contributed by atoms with Crippen molar-refractivity contribution in [2.45, 2.75) is 19.8 Å². The van der Waals surface area contributed by atoms with Crippen LogP contribution in [-0.2, 0) is 4.79 Å². The van der Waals surface area contributed by atoms with Crippen LogP contribution < -0.4 is 21.5 Å². The molecule has 0 aliphatic heterocycles. The lowest BCUT2D eigenvalue weighted by atomic mass is 10.1. The highest BCUT2D eigenvalue weighted by molar-refractivity contribution is 7.80. The first-order valence-electron chi connectivity index (χ1n) is 8.82. The van der Waals surface area contributed by atoms with Gasteiger partial charge in [0.05, 0.1) is 0 Å². The number of carbonyl (C=O) groups excluding carboxylic acids is 3. The van der Waals surface area contributed by atoms with Crippen LogP contribution in [0.4, 0.5) is 5.69 Å². The summed E-state index contributed by atoms with van der Waals surface area (Å²) in [6, 6.07) is 13.7. The zero-order valence-electron chi connectivity index (χ0n) is 15.2. The van der Waals surface area contributed by atoms with Gasteiger partial charge in [-0.25, -0.2) is 0 Å². The monoisotopic (exact) mass is 396 g/mol. The fraction of sp³-hybridized carbons (Fsp3) is 0.200. The zero-order chi connectivity index (χ0) is 20.1. The van der Waals surface area contributed by atoms with Crippen molar-refractivity contribution in [2.24, 2.45) is 5.92 Å². The average Bonchev–Trinajstić information content (AvgIpc) is 3.52. The molecule has 0 unspecified atom stereocenters. The maximum Gasteiger partial charge on any atom is 0.269 e. The summed E-state index contributed by atoms with van der Waals surface area (Å²) in [4.78, 5) is 36.1. The van der Waals surface area contributed by atoms with Crippen molar-refractivity contribution in [3.05, 3.63) is 65.2 Å². The number of hydrogen-bond donors (Lipinski definition) is 4. The number of rotatable bonds is 4. The maximum absolute atomic E-state index is 12.3. The van der Waals surface area contributed by atoms with Gasteiger partial charge in [0.15, 0.2) is 5.11 Å². The summed E-state index contributed by atoms with van der Waals surface area (Å²) in [5, 5.41) is 5.37. The van der Waals surface area contributed by atoms with Crippen molar-refractivity contribution < 1.29 is 14.4 Å². The molecule has 0 atom stereocenters. The SMILES string of the molecule is Cc1ccccc1C(=O)Nc1ccc(C(=O)NNC(=S)NC(=O)C2CC2)cc1. The molecule has 3 amide bonds. The summed E-state index contributed by atoms with van der Waals surface area (Å²) in [5.41, 5.74) is 7.35. The molecule has 0 heterocycles. The number of thiocarbonyl (C=S) groups is 1. The number of amides is 3. The Bertz CT molecular complexity index is 923. The van der Waals surface area contributed by atoms with E-state index in [0.29, 0.717) is 16.8 Å². The fourth-order valence-corrected chi connectivity index (χ4v) is 2.66. The summed E-state index contributed by atoms with van der Waals surface area (Å²) in [6.07, 6.45) is 1.74. The lowest BCUT2D eigenvalue weighted by molar-refractivity contribution is -0.120. The molecule has 7 nitrogen and oxygen atoms in total. The van der Waals surface area contributed by atoms with Gasteiger partial charge in [-0.3, -0.25) is 25.2 Å². The van der Waals surface area contributed by atoms with Crippen LogP contribution in [0.15, 0.2) is 48.5 Å². The molecular weight excluding hydrogens is 376 g/mol. The number of hydrazine groups is 1. The minimum absolute atomic E-state index is 0.0258. The van der Waals surface area contributed by atoms with Gasteiger partial charge in [-0.15, -0.1) is 0 Å². The molecular formula is C20H20N4O3S. The topological polar surface area (TPSA) is 99.3 Å². The van der Waals surface area contributed by atoms with Crippen LogP contribution in [0.2, 0.25) is 0 Å². The maximum atomic E-state index is 12.3. The van der Waals surface area contributed by atoms with E-state index >= 15 is 0 Å². The van der Waals surface area contributed by atoms with E-state index in [-0.39, 0.29) is 22.8 Å². The van der Waals surface area contributed by atoms with Crippen molar-refractivity contribution in [2.75, 3.05) is 5.32 Å². The lowest BCUT2D eigenvalue weighted by Gasteiger charge is -2.11. The molecule has 0 bridgehead atoms. The largest absolute Gasteiger partial charge is 0.322 e. The molecule has 0 saturated heterocycles. The normalized spacial score (nSPS) is 12.6. The van der Waals surface area contributed by atoms with Crippen LogP contribution in [0.25, 0.3) is 0 Å². The van der Waals surface area contributed by atoms with Gasteiger partial charge in [0.25, 0.3) is 11.8 Å². The van der Waals surface area contributed by atoms with E-state index in [1.807, 2.05) is 19.1 Å². The molecule has 1 aliphatic rings. The van der Waals surface area contributed by atoms with E-state index in [0.717, 1.165) is 18.4 Å². The molecule has 2 aromatic carbocycles. The van der Waals surface area contributed by atoms with Crippen LogP contribution in [-0.4, -0.2) is 22.8 Å². The van der Waals surface area contributed by atoms with Crippen LogP contribution >= 0.6 is 12.2 Å². The second-order valence-corrected chi connectivity index (χ2v) is 6.93. The fourth-order valence-electron chi connectivity index (χ4n) is 2.51. The first kappa shape index (κ1) is 19.5. The molecule has 4 N–H and O–H groups in total. The summed E-state index contributed by atoms with van der Waals surface area (Å²) in [7, 11) is 0. The minimum Gasteiger partial charge on any atom is -0.322 e. The van der Waals surface area contributed by atoms with Crippen molar-refractivity contribution in [1.82, 2.24) is 16.2 Å². The molecule has 3 rings (SSSR count). The zero-order valence-corrected chi connectivity index (χ0v) is 16.1. The van der Waals surface area contributed by atoms with E-state index in [9.17, 15) is 14.4 Å². The van der Waals surface area contributed by atoms with Crippen LogP contribution in [0.5, 0.6) is 0 Å². The van der Waals surface area contributed by atoms with E-state index in [2.05, 4.69) is 21.5 Å². The van der Waals surface area contributed by atoms with E-state index < -0.39 is 5.91 Å². The summed E-state index contributed by atoms with van der Waals surface area (Å²) in [6.45, 7) is 1.87. The smallest absolute Gasteiger partial charge is 0.269 e. The Kier molecular flexibility index (Phi) is 6.00. The molecule has 1 aliphatic carbocycles. The Morgan fingerprint density at radius 2 is 1.61 bits per heavy atom. The molecule has 0 radical (unpaired) electrons. The Labute approximate surface area is 167 Å². The highest BCUT2D eigenvalue weighted by atomic mass is 32.1. The second-order valence-electron chi connectivity index (χ2n) is 6.52. The van der Waals surface area contributed by atoms with Crippen molar-refractivity contribution in [1.29, 1.82) is 0 Å². The van der Waals surface area contributed by atoms with Gasteiger partial charge in [-0.1, -0.05) is 18.2 Å². The molecule has 28 heavy (non-hydrogen) atoms. The Morgan fingerprint density at radius 3 is 2.25 bits per heavy atom. The third-order valence-corrected chi connectivity index (χ3v) is 4.47. The lowest BCUT2D eigenvalue weighted by Crippen LogP contribution is -2.48. The van der Waals surface area contributed by atoms with Gasteiger partial charge in [0.2, 0.25) is 5.91 Å². The predicted octanol–water partition coefficient (Wildman–Crippen LogP) is 2.29. The Balaban J connectivity index is 1.51. The van der Waals surface area contributed by atoms with Crippen molar-refractivity contribution in [3.63, 3.8) is 0 Å².